The first-order valence-corrected chi connectivity index (χ1v) is 12.2. The van der Waals surface area contributed by atoms with Crippen LogP contribution in [0.15, 0.2) is 53.1 Å². The van der Waals surface area contributed by atoms with Gasteiger partial charge in [-0.1, -0.05) is 24.3 Å². The van der Waals surface area contributed by atoms with Gasteiger partial charge in [0.1, 0.15) is 16.9 Å². The Labute approximate surface area is 220 Å². The zero-order chi connectivity index (χ0) is 27.8. The molecular formula is C30H21NO8. The maximum absolute atomic E-state index is 14.0. The van der Waals surface area contributed by atoms with Crippen LogP contribution < -0.4 is 5.56 Å². The summed E-state index contributed by atoms with van der Waals surface area (Å²) >= 11 is 0. The van der Waals surface area contributed by atoms with E-state index in [1.54, 1.807) is 30.4 Å². The number of H-pyrrole nitrogens is 1. The average Bonchev–Trinajstić information content (AvgIpc) is 3.38. The number of aromatic hydroxyl groups is 2. The summed E-state index contributed by atoms with van der Waals surface area (Å²) in [5.74, 6) is -4.52. The molecule has 0 fully saturated rings. The Bertz CT molecular complexity index is 1870. The fraction of sp³-hybridized carbons (Fsp3) is 0.167. The van der Waals surface area contributed by atoms with Crippen molar-refractivity contribution < 1.29 is 34.1 Å². The Morgan fingerprint density at radius 3 is 2.44 bits per heavy atom. The van der Waals surface area contributed by atoms with Crippen LogP contribution in [-0.2, 0) is 16.6 Å². The number of hydrogen-bond donors (Lipinski definition) is 3. The van der Waals surface area contributed by atoms with Gasteiger partial charge in [0.05, 0.1) is 23.6 Å². The monoisotopic (exact) mass is 523 g/mol. The van der Waals surface area contributed by atoms with Gasteiger partial charge in [0.15, 0.2) is 23.1 Å². The van der Waals surface area contributed by atoms with Crippen LogP contribution in [0.25, 0.3) is 16.8 Å². The number of fused-ring (bicyclic) bond motifs is 5. The van der Waals surface area contributed by atoms with Crippen molar-refractivity contribution in [2.75, 3.05) is 7.11 Å². The smallest absolute Gasteiger partial charge is 0.260 e. The predicted octanol–water partition coefficient (Wildman–Crippen LogP) is 3.70. The first-order valence-electron chi connectivity index (χ1n) is 12.2. The Balaban J connectivity index is 1.56. The second-order valence-electron chi connectivity index (χ2n) is 9.70. The molecule has 3 aliphatic carbocycles. The minimum Gasteiger partial charge on any atom is -0.507 e. The van der Waals surface area contributed by atoms with Crippen molar-refractivity contribution in [2.24, 2.45) is 0 Å². The summed E-state index contributed by atoms with van der Waals surface area (Å²) in [6, 6.07) is 4.51. The predicted molar refractivity (Wildman–Crippen MR) is 141 cm³/mol. The van der Waals surface area contributed by atoms with Crippen LogP contribution in [0.4, 0.5) is 0 Å². The number of hydrogen-bond acceptors (Lipinski definition) is 8. The van der Waals surface area contributed by atoms with Gasteiger partial charge in [-0.3, -0.25) is 24.0 Å². The molecule has 0 saturated carbocycles. The number of methoxy groups -OCH3 is 1. The zero-order valence-corrected chi connectivity index (χ0v) is 20.9. The Morgan fingerprint density at radius 1 is 0.949 bits per heavy atom. The van der Waals surface area contributed by atoms with E-state index in [9.17, 15) is 34.2 Å². The molecule has 0 saturated heterocycles. The van der Waals surface area contributed by atoms with Gasteiger partial charge >= 0.3 is 0 Å². The molecule has 1 atom stereocenters. The highest BCUT2D eigenvalue weighted by atomic mass is 16.5. The second kappa shape index (κ2) is 8.22. The van der Waals surface area contributed by atoms with Crippen LogP contribution in [0.1, 0.15) is 71.6 Å². The van der Waals surface area contributed by atoms with Crippen LogP contribution in [0, 0.1) is 0 Å². The normalized spacial score (nSPS) is 19.9. The molecule has 0 aliphatic heterocycles. The number of nitrogens with one attached hydrogen (secondary N) is 1. The summed E-state index contributed by atoms with van der Waals surface area (Å²) in [6.07, 6.45) is 8.26. The SMILES string of the molecule is C/C=C/C=C/c1cc2cc3c(c(O)c2c(=O)[nH]1)C1(CC3)C(=O)c2cc3c(c(O)c2C1=O)C(=O)C(OC)=CC3=O. The number of carbonyl (C=O) groups is 4. The van der Waals surface area contributed by atoms with Gasteiger partial charge in [-0.05, 0) is 48.9 Å². The van der Waals surface area contributed by atoms with E-state index in [-0.39, 0.29) is 46.2 Å². The van der Waals surface area contributed by atoms with Gasteiger partial charge < -0.3 is 19.9 Å². The number of phenols is 2. The van der Waals surface area contributed by atoms with Gasteiger partial charge in [-0.15, -0.1) is 0 Å². The molecule has 3 N–H and O–H groups in total. The number of Topliss-reactive ketones (excluding diaryl/α,β-unsaturated/α-hetero) is 3. The number of carbonyl (C=O) groups excluding carboxylic acids is 4. The fourth-order valence-electron chi connectivity index (χ4n) is 6.02. The number of aromatic nitrogens is 1. The van der Waals surface area contributed by atoms with Gasteiger partial charge in [-0.25, -0.2) is 0 Å². The van der Waals surface area contributed by atoms with Crippen molar-refractivity contribution in [1.29, 1.82) is 0 Å². The molecule has 0 bridgehead atoms. The number of benzene rings is 2. The largest absolute Gasteiger partial charge is 0.507 e. The van der Waals surface area contributed by atoms with Crippen molar-refractivity contribution in [3.63, 3.8) is 0 Å². The summed E-state index contributed by atoms with van der Waals surface area (Å²) in [4.78, 5) is 69.2. The van der Waals surface area contributed by atoms with Crippen molar-refractivity contribution in [1.82, 2.24) is 4.98 Å². The van der Waals surface area contributed by atoms with Crippen LogP contribution >= 0.6 is 0 Å². The molecular weight excluding hydrogens is 502 g/mol. The summed E-state index contributed by atoms with van der Waals surface area (Å²) in [6.45, 7) is 1.85. The Morgan fingerprint density at radius 2 is 1.72 bits per heavy atom. The Kier molecular flexibility index (Phi) is 5.12. The molecule has 6 rings (SSSR count). The summed E-state index contributed by atoms with van der Waals surface area (Å²) in [5, 5.41) is 22.8. The van der Waals surface area contributed by atoms with Gasteiger partial charge in [-0.2, -0.15) is 0 Å². The molecule has 1 unspecified atom stereocenters. The highest BCUT2D eigenvalue weighted by Gasteiger charge is 2.60. The molecule has 194 valence electrons. The minimum absolute atomic E-state index is 0.00892. The first kappa shape index (κ1) is 24.3. The molecule has 0 amide bonds. The number of aryl methyl sites for hydroxylation is 1. The van der Waals surface area contributed by atoms with Gasteiger partial charge in [0.2, 0.25) is 5.78 Å². The minimum atomic E-state index is -1.90. The molecule has 1 heterocycles. The lowest BCUT2D eigenvalue weighted by Crippen LogP contribution is -2.36. The van der Waals surface area contributed by atoms with Crippen LogP contribution in [0.2, 0.25) is 0 Å². The number of rotatable bonds is 3. The maximum Gasteiger partial charge on any atom is 0.260 e. The number of pyridine rings is 1. The number of ether oxygens (including phenoxy) is 1. The van der Waals surface area contributed by atoms with Crippen molar-refractivity contribution in [3.8, 4) is 11.5 Å². The third kappa shape index (κ3) is 3.04. The summed E-state index contributed by atoms with van der Waals surface area (Å²) < 4.78 is 4.95. The van der Waals surface area contributed by atoms with E-state index in [0.717, 1.165) is 12.1 Å². The first-order chi connectivity index (χ1) is 18.6. The molecule has 9 heteroatoms. The quantitative estimate of drug-likeness (QED) is 0.347. The lowest BCUT2D eigenvalue weighted by molar-refractivity contribution is 0.0791. The summed E-state index contributed by atoms with van der Waals surface area (Å²) in [7, 11) is 1.20. The van der Waals surface area contributed by atoms with Crippen LogP contribution in [0.3, 0.4) is 0 Å². The summed E-state index contributed by atoms with van der Waals surface area (Å²) in [5.41, 5.74) is -2.70. The highest BCUT2D eigenvalue weighted by molar-refractivity contribution is 6.37. The maximum atomic E-state index is 14.0. The molecule has 9 nitrogen and oxygen atoms in total. The van der Waals surface area contributed by atoms with E-state index < -0.39 is 51.2 Å². The second-order valence-corrected chi connectivity index (χ2v) is 9.70. The lowest BCUT2D eigenvalue weighted by Gasteiger charge is -2.22. The fourth-order valence-corrected chi connectivity index (χ4v) is 6.02. The van der Waals surface area contributed by atoms with Crippen molar-refractivity contribution >= 4 is 40.0 Å². The zero-order valence-electron chi connectivity index (χ0n) is 20.9. The molecule has 39 heavy (non-hydrogen) atoms. The number of ketones is 4. The van der Waals surface area contributed by atoms with E-state index >= 15 is 0 Å². The number of allylic oxidation sites excluding steroid dienone is 5. The Hall–Kier alpha value is -5.05. The van der Waals surface area contributed by atoms with Crippen molar-refractivity contribution in [2.45, 2.75) is 25.2 Å². The van der Waals surface area contributed by atoms with E-state index in [1.807, 2.05) is 13.0 Å². The molecule has 1 aromatic heterocycles. The number of aromatic amines is 1. The number of phenolic OH excluding ortho intramolecular Hbond substituents is 2. The topological polar surface area (TPSA) is 151 Å². The molecule has 0 radical (unpaired) electrons. The lowest BCUT2D eigenvalue weighted by atomic mass is 9.76. The van der Waals surface area contributed by atoms with Gasteiger partial charge in [0, 0.05) is 28.5 Å². The van der Waals surface area contributed by atoms with Crippen molar-refractivity contribution in [3.05, 3.63) is 97.7 Å². The van der Waals surface area contributed by atoms with E-state index in [2.05, 4.69) is 4.98 Å². The highest BCUT2D eigenvalue weighted by Crippen LogP contribution is 2.55. The molecule has 1 spiro atoms. The average molecular weight is 523 g/mol. The van der Waals surface area contributed by atoms with Crippen LogP contribution in [0.5, 0.6) is 11.5 Å². The molecule has 2 aromatic carbocycles. The van der Waals surface area contributed by atoms with Gasteiger partial charge in [0.25, 0.3) is 5.56 Å². The molecule has 3 aliphatic rings. The van der Waals surface area contributed by atoms with E-state index in [4.69, 9.17) is 4.74 Å². The third-order valence-corrected chi connectivity index (χ3v) is 7.73. The standard InChI is InChI=1S/C30H21NO8/c1-3-4-5-6-15-10-14-9-13-7-8-30(23(13)26(35)20(14)29(38)31-15)27(36)17-11-16-18(32)12-19(39-2)24(33)21(16)25(34)22(17)28(30)37/h3-6,9-12,34-35H,7-8H2,1-2H3,(H,31,38)/b4-3+,6-5+. The molecule has 3 aromatic rings. The van der Waals surface area contributed by atoms with E-state index in [1.165, 1.54) is 7.11 Å². The third-order valence-electron chi connectivity index (χ3n) is 7.73. The van der Waals surface area contributed by atoms with E-state index in [0.29, 0.717) is 16.6 Å². The van der Waals surface area contributed by atoms with Crippen LogP contribution in [-0.4, -0.2) is 45.4 Å².